The summed E-state index contributed by atoms with van der Waals surface area (Å²) >= 11 is 0. The zero-order valence-corrected chi connectivity index (χ0v) is 10.9. The summed E-state index contributed by atoms with van der Waals surface area (Å²) in [4.78, 5) is 13.9. The number of nitrogens with zero attached hydrogens (tertiary/aromatic N) is 1. The zero-order valence-electron chi connectivity index (χ0n) is 10.9. The van der Waals surface area contributed by atoms with Gasteiger partial charge in [0.05, 0.1) is 13.0 Å². The molecule has 94 valence electrons. The van der Waals surface area contributed by atoms with Crippen LogP contribution in [0, 0.1) is 11.8 Å². The zero-order chi connectivity index (χ0) is 12.0. The van der Waals surface area contributed by atoms with E-state index in [0.29, 0.717) is 0 Å². The van der Waals surface area contributed by atoms with Crippen LogP contribution in [0.2, 0.25) is 0 Å². The predicted octanol–water partition coefficient (Wildman–Crippen LogP) is 2.31. The molecule has 1 atom stereocenters. The quantitative estimate of drug-likeness (QED) is 0.675. The summed E-state index contributed by atoms with van der Waals surface area (Å²) in [5.41, 5.74) is 0. The van der Waals surface area contributed by atoms with E-state index in [0.717, 1.165) is 38.4 Å². The maximum Gasteiger partial charge on any atom is 0.309 e. The van der Waals surface area contributed by atoms with Gasteiger partial charge in [-0.15, -0.1) is 0 Å². The summed E-state index contributed by atoms with van der Waals surface area (Å²) < 4.78 is 4.82. The normalized spacial score (nSPS) is 22.4. The maximum atomic E-state index is 11.4. The number of rotatable bonds is 5. The first-order valence-electron chi connectivity index (χ1n) is 6.43. The molecule has 0 amide bonds. The lowest BCUT2D eigenvalue weighted by Gasteiger charge is -2.31. The predicted molar refractivity (Wildman–Crippen MR) is 65.3 cm³/mol. The molecule has 0 aliphatic carbocycles. The van der Waals surface area contributed by atoms with Crippen molar-refractivity contribution in [3.63, 3.8) is 0 Å². The molecule has 1 aliphatic rings. The second-order valence-electron chi connectivity index (χ2n) is 5.20. The van der Waals surface area contributed by atoms with Crippen LogP contribution in [0.4, 0.5) is 0 Å². The summed E-state index contributed by atoms with van der Waals surface area (Å²) in [5, 5.41) is 0. The molecule has 0 saturated carbocycles. The first-order valence-corrected chi connectivity index (χ1v) is 6.43. The van der Waals surface area contributed by atoms with Gasteiger partial charge in [-0.2, -0.15) is 0 Å². The van der Waals surface area contributed by atoms with E-state index in [2.05, 4.69) is 18.7 Å². The Labute approximate surface area is 99.1 Å². The van der Waals surface area contributed by atoms with Crippen molar-refractivity contribution in [1.29, 1.82) is 0 Å². The minimum atomic E-state index is -0.0337. The van der Waals surface area contributed by atoms with Gasteiger partial charge in [-0.1, -0.05) is 13.8 Å². The molecule has 0 aromatic heterocycles. The third kappa shape index (κ3) is 4.52. The Balaban J connectivity index is 2.25. The first-order chi connectivity index (χ1) is 7.63. The fraction of sp³-hybridized carbons (Fsp3) is 0.923. The van der Waals surface area contributed by atoms with Crippen molar-refractivity contribution >= 4 is 5.97 Å². The number of hydrogen-bond donors (Lipinski definition) is 0. The molecule has 0 unspecified atom stereocenters. The summed E-state index contributed by atoms with van der Waals surface area (Å²) in [6.45, 7) is 7.68. The maximum absolute atomic E-state index is 11.4. The van der Waals surface area contributed by atoms with Gasteiger partial charge in [0, 0.05) is 6.54 Å². The molecular weight excluding hydrogens is 202 g/mol. The average Bonchev–Trinajstić information content (AvgIpc) is 2.28. The number of piperidine rings is 1. The van der Waals surface area contributed by atoms with E-state index in [1.807, 2.05) is 0 Å². The SMILES string of the molecule is COC(=O)[C@H]1CCCN(CCCC(C)C)C1. The van der Waals surface area contributed by atoms with Crippen LogP contribution in [-0.4, -0.2) is 37.6 Å². The molecule has 0 aromatic carbocycles. The van der Waals surface area contributed by atoms with E-state index in [1.54, 1.807) is 0 Å². The summed E-state index contributed by atoms with van der Waals surface area (Å²) in [6, 6.07) is 0. The Morgan fingerprint density at radius 2 is 2.25 bits per heavy atom. The van der Waals surface area contributed by atoms with Crippen LogP contribution < -0.4 is 0 Å². The Hall–Kier alpha value is -0.570. The van der Waals surface area contributed by atoms with E-state index in [-0.39, 0.29) is 11.9 Å². The number of carbonyl (C=O) groups excluding carboxylic acids is 1. The standard InChI is InChI=1S/C13H25NO2/c1-11(2)6-4-8-14-9-5-7-12(10-14)13(15)16-3/h11-12H,4-10H2,1-3H3/t12-/m0/s1. The van der Waals surface area contributed by atoms with E-state index in [1.165, 1.54) is 20.0 Å². The van der Waals surface area contributed by atoms with E-state index >= 15 is 0 Å². The number of likely N-dealkylation sites (tertiary alicyclic amines) is 1. The highest BCUT2D eigenvalue weighted by Crippen LogP contribution is 2.18. The molecule has 0 N–H and O–H groups in total. The van der Waals surface area contributed by atoms with Crippen molar-refractivity contribution in [2.45, 2.75) is 39.5 Å². The van der Waals surface area contributed by atoms with Crippen LogP contribution in [0.3, 0.4) is 0 Å². The smallest absolute Gasteiger partial charge is 0.309 e. The van der Waals surface area contributed by atoms with Gasteiger partial charge in [-0.25, -0.2) is 0 Å². The molecule has 3 nitrogen and oxygen atoms in total. The second kappa shape index (κ2) is 6.89. The highest BCUT2D eigenvalue weighted by Gasteiger charge is 2.25. The van der Waals surface area contributed by atoms with Gasteiger partial charge < -0.3 is 9.64 Å². The van der Waals surface area contributed by atoms with Gasteiger partial charge in [0.1, 0.15) is 0 Å². The lowest BCUT2D eigenvalue weighted by atomic mass is 9.97. The van der Waals surface area contributed by atoms with Gasteiger partial charge in [0.2, 0.25) is 0 Å². The molecule has 1 rings (SSSR count). The molecule has 1 fully saturated rings. The molecule has 0 aromatic rings. The van der Waals surface area contributed by atoms with Crippen molar-refractivity contribution in [3.05, 3.63) is 0 Å². The highest BCUT2D eigenvalue weighted by molar-refractivity contribution is 5.72. The molecule has 16 heavy (non-hydrogen) atoms. The number of esters is 1. The van der Waals surface area contributed by atoms with Crippen molar-refractivity contribution in [2.24, 2.45) is 11.8 Å². The number of carbonyl (C=O) groups is 1. The van der Waals surface area contributed by atoms with Crippen molar-refractivity contribution in [3.8, 4) is 0 Å². The lowest BCUT2D eigenvalue weighted by Crippen LogP contribution is -2.39. The molecule has 0 bridgehead atoms. The molecule has 1 aliphatic heterocycles. The summed E-state index contributed by atoms with van der Waals surface area (Å²) in [6.07, 6.45) is 4.64. The highest BCUT2D eigenvalue weighted by atomic mass is 16.5. The van der Waals surface area contributed by atoms with Crippen LogP contribution in [0.5, 0.6) is 0 Å². The van der Waals surface area contributed by atoms with Crippen LogP contribution in [-0.2, 0) is 9.53 Å². The topological polar surface area (TPSA) is 29.5 Å². The fourth-order valence-electron chi connectivity index (χ4n) is 2.34. The number of methoxy groups -OCH3 is 1. The van der Waals surface area contributed by atoms with Gasteiger partial charge in [0.15, 0.2) is 0 Å². The number of hydrogen-bond acceptors (Lipinski definition) is 3. The fourth-order valence-corrected chi connectivity index (χ4v) is 2.34. The van der Waals surface area contributed by atoms with Crippen molar-refractivity contribution < 1.29 is 9.53 Å². The molecule has 1 heterocycles. The van der Waals surface area contributed by atoms with Crippen molar-refractivity contribution in [2.75, 3.05) is 26.7 Å². The summed E-state index contributed by atoms with van der Waals surface area (Å²) in [7, 11) is 1.49. The first kappa shape index (κ1) is 13.5. The molecular formula is C13H25NO2. The third-order valence-electron chi connectivity index (χ3n) is 3.30. The second-order valence-corrected chi connectivity index (χ2v) is 5.20. The molecule has 3 heteroatoms. The van der Waals surface area contributed by atoms with E-state index in [9.17, 15) is 4.79 Å². The monoisotopic (exact) mass is 227 g/mol. The van der Waals surface area contributed by atoms with Crippen molar-refractivity contribution in [1.82, 2.24) is 4.90 Å². The molecule has 1 saturated heterocycles. The minimum Gasteiger partial charge on any atom is -0.469 e. The van der Waals surface area contributed by atoms with Gasteiger partial charge in [-0.05, 0) is 44.7 Å². The lowest BCUT2D eigenvalue weighted by molar-refractivity contribution is -0.147. The van der Waals surface area contributed by atoms with E-state index in [4.69, 9.17) is 4.74 Å². The minimum absolute atomic E-state index is 0.0337. The van der Waals surface area contributed by atoms with Crippen LogP contribution in [0.15, 0.2) is 0 Å². The molecule has 0 radical (unpaired) electrons. The van der Waals surface area contributed by atoms with Gasteiger partial charge >= 0.3 is 5.97 Å². The Morgan fingerprint density at radius 1 is 1.50 bits per heavy atom. The van der Waals surface area contributed by atoms with E-state index < -0.39 is 0 Å². The average molecular weight is 227 g/mol. The number of ether oxygens (including phenoxy) is 1. The Bertz CT molecular complexity index is 216. The van der Waals surface area contributed by atoms with Gasteiger partial charge in [-0.3, -0.25) is 4.79 Å². The van der Waals surface area contributed by atoms with Gasteiger partial charge in [0.25, 0.3) is 0 Å². The Morgan fingerprint density at radius 3 is 2.88 bits per heavy atom. The molecule has 0 spiro atoms. The van der Waals surface area contributed by atoms with Crippen LogP contribution >= 0.6 is 0 Å². The summed E-state index contributed by atoms with van der Waals surface area (Å²) in [5.74, 6) is 0.854. The van der Waals surface area contributed by atoms with Crippen LogP contribution in [0.1, 0.15) is 39.5 Å². The Kier molecular flexibility index (Phi) is 5.81. The largest absolute Gasteiger partial charge is 0.469 e. The van der Waals surface area contributed by atoms with Crippen LogP contribution in [0.25, 0.3) is 0 Å². The third-order valence-corrected chi connectivity index (χ3v) is 3.30.